The zero-order valence-corrected chi connectivity index (χ0v) is 15.8. The Labute approximate surface area is 165 Å². The van der Waals surface area contributed by atoms with E-state index in [-0.39, 0.29) is 5.95 Å². The highest BCUT2D eigenvalue weighted by atomic mass is 19.4. The van der Waals surface area contributed by atoms with Crippen molar-refractivity contribution in [1.82, 2.24) is 19.5 Å². The first-order valence-electron chi connectivity index (χ1n) is 9.33. The minimum absolute atomic E-state index is 0.0647. The largest absolute Gasteiger partial charge is 0.405 e. The van der Waals surface area contributed by atoms with Crippen molar-refractivity contribution in [1.29, 1.82) is 0 Å². The predicted octanol–water partition coefficient (Wildman–Crippen LogP) is 3.60. The Hall–Kier alpha value is -2.88. The van der Waals surface area contributed by atoms with Crippen LogP contribution in [-0.4, -0.2) is 51.5 Å². The fourth-order valence-corrected chi connectivity index (χ4v) is 3.37. The second kappa shape index (κ2) is 7.86. The molecule has 0 saturated carbocycles. The molecule has 0 amide bonds. The highest BCUT2D eigenvalue weighted by Gasteiger charge is 2.27. The van der Waals surface area contributed by atoms with Gasteiger partial charge in [-0.1, -0.05) is 0 Å². The molecule has 0 spiro atoms. The lowest BCUT2D eigenvalue weighted by atomic mass is 10.1. The average Bonchev–Trinajstić information content (AvgIpc) is 3.03. The van der Waals surface area contributed by atoms with E-state index in [1.165, 1.54) is 6.20 Å². The van der Waals surface area contributed by atoms with Gasteiger partial charge in [0.25, 0.3) is 0 Å². The van der Waals surface area contributed by atoms with Crippen molar-refractivity contribution in [3.63, 3.8) is 0 Å². The zero-order chi connectivity index (χ0) is 20.4. The molecule has 0 bridgehead atoms. The Morgan fingerprint density at radius 1 is 1.21 bits per heavy atom. The van der Waals surface area contributed by atoms with E-state index >= 15 is 0 Å². The van der Waals surface area contributed by atoms with Gasteiger partial charge in [-0.15, -0.1) is 0 Å². The number of pyridine rings is 1. The lowest BCUT2D eigenvalue weighted by Crippen LogP contribution is -2.28. The van der Waals surface area contributed by atoms with Gasteiger partial charge in [0.15, 0.2) is 0 Å². The molecule has 4 heterocycles. The SMILES string of the molecule is Cn1c(-c2ccnc(NCC(F)(F)F)n2)cc2cnc(NC3CCOCC3)cc21. The van der Waals surface area contributed by atoms with E-state index in [0.717, 1.165) is 48.5 Å². The van der Waals surface area contributed by atoms with Gasteiger partial charge in [-0.2, -0.15) is 13.2 Å². The van der Waals surface area contributed by atoms with E-state index < -0.39 is 12.7 Å². The second-order valence-corrected chi connectivity index (χ2v) is 6.98. The van der Waals surface area contributed by atoms with Crippen molar-refractivity contribution >= 4 is 22.7 Å². The molecule has 0 aliphatic carbocycles. The highest BCUT2D eigenvalue weighted by Crippen LogP contribution is 2.28. The lowest BCUT2D eigenvalue weighted by Gasteiger charge is -2.23. The number of nitrogens with one attached hydrogen (secondary N) is 2. The van der Waals surface area contributed by atoms with Gasteiger partial charge >= 0.3 is 6.18 Å². The van der Waals surface area contributed by atoms with E-state index in [1.807, 2.05) is 23.7 Å². The molecule has 4 rings (SSSR count). The summed E-state index contributed by atoms with van der Waals surface area (Å²) in [6, 6.07) is 5.88. The molecule has 1 aliphatic rings. The van der Waals surface area contributed by atoms with E-state index in [9.17, 15) is 13.2 Å². The molecular weight excluding hydrogens is 385 g/mol. The molecule has 0 unspecified atom stereocenters. The number of hydrogen-bond acceptors (Lipinski definition) is 6. The molecule has 29 heavy (non-hydrogen) atoms. The fraction of sp³-hybridized carbons (Fsp3) is 0.421. The monoisotopic (exact) mass is 406 g/mol. The van der Waals surface area contributed by atoms with E-state index in [1.54, 1.807) is 12.3 Å². The number of aryl methyl sites for hydroxylation is 1. The first-order chi connectivity index (χ1) is 13.9. The molecule has 7 nitrogen and oxygen atoms in total. The normalized spacial score (nSPS) is 15.6. The fourth-order valence-electron chi connectivity index (χ4n) is 3.37. The van der Waals surface area contributed by atoms with Gasteiger partial charge in [-0.05, 0) is 25.0 Å². The van der Waals surface area contributed by atoms with Crippen LogP contribution in [0.4, 0.5) is 24.9 Å². The zero-order valence-electron chi connectivity index (χ0n) is 15.8. The third-order valence-corrected chi connectivity index (χ3v) is 4.87. The maximum absolute atomic E-state index is 12.4. The minimum atomic E-state index is -4.33. The highest BCUT2D eigenvalue weighted by molar-refractivity contribution is 5.87. The Bertz CT molecular complexity index is 997. The lowest BCUT2D eigenvalue weighted by molar-refractivity contribution is -0.115. The molecule has 1 saturated heterocycles. The van der Waals surface area contributed by atoms with Crippen LogP contribution >= 0.6 is 0 Å². The summed E-state index contributed by atoms with van der Waals surface area (Å²) in [5.74, 6) is 0.720. The summed E-state index contributed by atoms with van der Waals surface area (Å²) in [6.45, 7) is 0.302. The van der Waals surface area contributed by atoms with Gasteiger partial charge in [0.05, 0.1) is 16.9 Å². The molecule has 1 fully saturated rings. The van der Waals surface area contributed by atoms with Crippen LogP contribution in [-0.2, 0) is 11.8 Å². The maximum atomic E-state index is 12.4. The van der Waals surface area contributed by atoms with Crippen molar-refractivity contribution in [2.24, 2.45) is 7.05 Å². The summed E-state index contributed by atoms with van der Waals surface area (Å²) < 4.78 is 44.6. The third kappa shape index (κ3) is 4.58. The molecular formula is C19H21F3N6O. The number of halogens is 3. The van der Waals surface area contributed by atoms with E-state index in [0.29, 0.717) is 11.7 Å². The number of nitrogens with zero attached hydrogens (tertiary/aromatic N) is 4. The first kappa shape index (κ1) is 19.4. The molecule has 0 radical (unpaired) electrons. The summed E-state index contributed by atoms with van der Waals surface area (Å²) >= 11 is 0. The minimum Gasteiger partial charge on any atom is -0.381 e. The summed E-state index contributed by atoms with van der Waals surface area (Å²) in [5, 5.41) is 6.58. The molecule has 0 aromatic carbocycles. The van der Waals surface area contributed by atoms with Crippen LogP contribution in [0.25, 0.3) is 22.3 Å². The average molecular weight is 406 g/mol. The third-order valence-electron chi connectivity index (χ3n) is 4.87. The Balaban J connectivity index is 1.59. The Morgan fingerprint density at radius 2 is 2.00 bits per heavy atom. The molecule has 0 atom stereocenters. The molecule has 10 heteroatoms. The van der Waals surface area contributed by atoms with E-state index in [2.05, 4.69) is 25.6 Å². The predicted molar refractivity (Wildman–Crippen MR) is 104 cm³/mol. The van der Waals surface area contributed by atoms with Gasteiger partial charge in [0, 0.05) is 50.1 Å². The summed E-state index contributed by atoms with van der Waals surface area (Å²) in [6.07, 6.45) is 0.762. The molecule has 2 N–H and O–H groups in total. The summed E-state index contributed by atoms with van der Waals surface area (Å²) in [7, 11) is 1.89. The Morgan fingerprint density at radius 3 is 2.76 bits per heavy atom. The number of hydrogen-bond donors (Lipinski definition) is 2. The quantitative estimate of drug-likeness (QED) is 0.674. The number of rotatable bonds is 5. The van der Waals surface area contributed by atoms with Crippen LogP contribution < -0.4 is 10.6 Å². The summed E-state index contributed by atoms with van der Waals surface area (Å²) in [4.78, 5) is 12.6. The molecule has 1 aliphatic heterocycles. The number of alkyl halides is 3. The van der Waals surface area contributed by atoms with Crippen molar-refractivity contribution in [2.75, 3.05) is 30.4 Å². The topological polar surface area (TPSA) is 76.9 Å². The van der Waals surface area contributed by atoms with Crippen LogP contribution in [0.2, 0.25) is 0 Å². The number of aromatic nitrogens is 4. The van der Waals surface area contributed by atoms with Crippen LogP contribution in [0, 0.1) is 0 Å². The van der Waals surface area contributed by atoms with Crippen molar-refractivity contribution in [3.8, 4) is 11.4 Å². The van der Waals surface area contributed by atoms with Gasteiger partial charge in [0.1, 0.15) is 12.4 Å². The number of fused-ring (bicyclic) bond motifs is 1. The smallest absolute Gasteiger partial charge is 0.381 e. The van der Waals surface area contributed by atoms with Crippen molar-refractivity contribution in [3.05, 3.63) is 30.6 Å². The van der Waals surface area contributed by atoms with E-state index in [4.69, 9.17) is 4.74 Å². The second-order valence-electron chi connectivity index (χ2n) is 6.98. The molecule has 3 aromatic heterocycles. The van der Waals surface area contributed by atoms with Gasteiger partial charge in [-0.25, -0.2) is 15.0 Å². The molecule has 154 valence electrons. The number of anilines is 2. The molecule has 3 aromatic rings. The van der Waals surface area contributed by atoms with Gasteiger partial charge < -0.3 is 19.9 Å². The van der Waals surface area contributed by atoms with Crippen molar-refractivity contribution < 1.29 is 17.9 Å². The van der Waals surface area contributed by atoms with Gasteiger partial charge in [-0.3, -0.25) is 0 Å². The van der Waals surface area contributed by atoms with Crippen LogP contribution in [0.1, 0.15) is 12.8 Å². The summed E-state index contributed by atoms with van der Waals surface area (Å²) in [5.41, 5.74) is 2.25. The maximum Gasteiger partial charge on any atom is 0.405 e. The first-order valence-corrected chi connectivity index (χ1v) is 9.33. The van der Waals surface area contributed by atoms with Crippen LogP contribution in [0.3, 0.4) is 0 Å². The van der Waals surface area contributed by atoms with Crippen molar-refractivity contribution in [2.45, 2.75) is 25.1 Å². The Kier molecular flexibility index (Phi) is 5.27. The number of ether oxygens (including phenoxy) is 1. The van der Waals surface area contributed by atoms with Crippen LogP contribution in [0.5, 0.6) is 0 Å². The van der Waals surface area contributed by atoms with Gasteiger partial charge in [0.2, 0.25) is 5.95 Å². The van der Waals surface area contributed by atoms with Crippen LogP contribution in [0.15, 0.2) is 30.6 Å². The standard InChI is InChI=1S/C19H21F3N6O/c1-28-15-9-17(26-13-3-6-29-7-4-13)24-10-12(15)8-16(28)14-2-5-23-18(27-14)25-11-19(20,21)22/h2,5,8-10,13H,3-4,6-7,11H2,1H3,(H,24,26)(H,23,25,27).